The zero-order chi connectivity index (χ0) is 6.57. The van der Waals surface area contributed by atoms with E-state index in [4.69, 9.17) is 5.73 Å². The molecule has 1 atom stereocenters. The van der Waals surface area contributed by atoms with Gasteiger partial charge < -0.3 is 10.5 Å². The summed E-state index contributed by atoms with van der Waals surface area (Å²) in [6.45, 7) is 4.09. The molecule has 0 aliphatic rings. The molecule has 2 N–H and O–H groups in total. The first kappa shape index (κ1) is 7.63. The van der Waals surface area contributed by atoms with E-state index in [1.54, 1.807) is 0 Å². The summed E-state index contributed by atoms with van der Waals surface area (Å²) < 4.78 is 0. The van der Waals surface area contributed by atoms with Crippen LogP contribution in [0.5, 0.6) is 0 Å². The lowest BCUT2D eigenvalue weighted by atomic mass is 10.1. The molecule has 0 radical (unpaired) electrons. The van der Waals surface area contributed by atoms with Gasteiger partial charge >= 0.3 is 0 Å². The number of carbonyl (C=O) groups excluding carboxylic acids is 1. The summed E-state index contributed by atoms with van der Waals surface area (Å²) in [5, 5.41) is 0. The fraction of sp³-hybridized carbons (Fsp3) is 0.833. The molecule has 0 saturated carbocycles. The molecule has 0 bridgehead atoms. The van der Waals surface area contributed by atoms with Crippen molar-refractivity contribution in [2.45, 2.75) is 26.3 Å². The third-order valence-corrected chi connectivity index (χ3v) is 0.918. The molecular weight excluding hydrogens is 102 g/mol. The number of nitrogens with two attached hydrogens (primary N) is 1. The molecule has 0 fully saturated rings. The highest BCUT2D eigenvalue weighted by Crippen LogP contribution is 1.99. The van der Waals surface area contributed by atoms with Gasteiger partial charge in [-0.15, -0.1) is 0 Å². The van der Waals surface area contributed by atoms with Gasteiger partial charge in [0.05, 0.1) is 6.04 Å². The van der Waals surface area contributed by atoms with Crippen molar-refractivity contribution in [3.05, 3.63) is 0 Å². The lowest BCUT2D eigenvalue weighted by Crippen LogP contribution is -2.23. The molecule has 2 heteroatoms. The summed E-state index contributed by atoms with van der Waals surface area (Å²) in [6, 6.07) is -0.255. The van der Waals surface area contributed by atoms with Crippen molar-refractivity contribution in [3.63, 3.8) is 0 Å². The smallest absolute Gasteiger partial charge is 0.136 e. The predicted molar refractivity (Wildman–Crippen MR) is 33.5 cm³/mol. The van der Waals surface area contributed by atoms with Crippen LogP contribution in [0, 0.1) is 5.92 Å². The molecule has 0 spiro atoms. The average molecular weight is 115 g/mol. The van der Waals surface area contributed by atoms with E-state index in [0.717, 1.165) is 12.7 Å². The summed E-state index contributed by atoms with van der Waals surface area (Å²) in [7, 11) is 0. The molecule has 0 aromatic rings. The highest BCUT2D eigenvalue weighted by Gasteiger charge is 2.01. The zero-order valence-corrected chi connectivity index (χ0v) is 5.42. The van der Waals surface area contributed by atoms with E-state index in [2.05, 4.69) is 0 Å². The molecule has 0 aliphatic heterocycles. The Morgan fingerprint density at radius 3 is 2.25 bits per heavy atom. The third kappa shape index (κ3) is 3.81. The number of rotatable bonds is 3. The first-order valence-corrected chi connectivity index (χ1v) is 2.87. The monoisotopic (exact) mass is 115 g/mol. The van der Waals surface area contributed by atoms with Gasteiger partial charge in [-0.05, 0) is 12.3 Å². The molecule has 0 aromatic carbocycles. The predicted octanol–water partition coefficient (Wildman–Crippen LogP) is 0.559. The van der Waals surface area contributed by atoms with Crippen molar-refractivity contribution < 1.29 is 4.79 Å². The summed E-state index contributed by atoms with van der Waals surface area (Å²) in [5.74, 6) is 0.523. The minimum Gasteiger partial charge on any atom is -0.322 e. The third-order valence-electron chi connectivity index (χ3n) is 0.918. The molecule has 2 nitrogen and oxygen atoms in total. The number of hydrogen-bond donors (Lipinski definition) is 1. The van der Waals surface area contributed by atoms with E-state index in [9.17, 15) is 4.79 Å². The van der Waals surface area contributed by atoms with Crippen LogP contribution < -0.4 is 5.73 Å². The Bertz CT molecular complexity index is 70.9. The zero-order valence-electron chi connectivity index (χ0n) is 5.42. The van der Waals surface area contributed by atoms with Crippen molar-refractivity contribution in [1.82, 2.24) is 0 Å². The van der Waals surface area contributed by atoms with Crippen LogP contribution in [0.2, 0.25) is 0 Å². The van der Waals surface area contributed by atoms with Crippen LogP contribution in [0.1, 0.15) is 20.3 Å². The van der Waals surface area contributed by atoms with Gasteiger partial charge in [0, 0.05) is 0 Å². The summed E-state index contributed by atoms with van der Waals surface area (Å²) in [4.78, 5) is 9.92. The fourth-order valence-electron chi connectivity index (χ4n) is 0.600. The Morgan fingerprint density at radius 1 is 1.62 bits per heavy atom. The second-order valence-electron chi connectivity index (χ2n) is 2.43. The molecule has 8 heavy (non-hydrogen) atoms. The second-order valence-corrected chi connectivity index (χ2v) is 2.43. The van der Waals surface area contributed by atoms with E-state index in [0.29, 0.717) is 5.92 Å². The van der Waals surface area contributed by atoms with Gasteiger partial charge in [0.1, 0.15) is 6.29 Å². The minimum absolute atomic E-state index is 0.255. The Kier molecular flexibility index (Phi) is 3.44. The molecule has 48 valence electrons. The molecular formula is C6H13NO. The maximum atomic E-state index is 9.92. The van der Waals surface area contributed by atoms with Crippen LogP contribution >= 0.6 is 0 Å². The van der Waals surface area contributed by atoms with Crippen molar-refractivity contribution in [1.29, 1.82) is 0 Å². The van der Waals surface area contributed by atoms with Crippen molar-refractivity contribution in [3.8, 4) is 0 Å². The average Bonchev–Trinajstić information content (AvgIpc) is 1.65. The van der Waals surface area contributed by atoms with Gasteiger partial charge in [-0.2, -0.15) is 0 Å². The van der Waals surface area contributed by atoms with Gasteiger partial charge in [-0.1, -0.05) is 13.8 Å². The van der Waals surface area contributed by atoms with Gasteiger partial charge in [-0.25, -0.2) is 0 Å². The number of aldehydes is 1. The topological polar surface area (TPSA) is 43.1 Å². The standard InChI is InChI=1S/C6H13NO/c1-5(2)3-6(7)4-8/h4-6H,3,7H2,1-2H3/t6-/m0/s1. The van der Waals surface area contributed by atoms with Crippen molar-refractivity contribution in [2.24, 2.45) is 11.7 Å². The molecule has 0 rings (SSSR count). The summed E-state index contributed by atoms with van der Waals surface area (Å²) in [6.07, 6.45) is 1.59. The van der Waals surface area contributed by atoms with Crippen molar-refractivity contribution in [2.75, 3.05) is 0 Å². The number of carbonyl (C=O) groups is 1. The van der Waals surface area contributed by atoms with Crippen LogP contribution in [-0.2, 0) is 4.79 Å². The van der Waals surface area contributed by atoms with Gasteiger partial charge in [-0.3, -0.25) is 0 Å². The highest BCUT2D eigenvalue weighted by atomic mass is 16.1. The first-order chi connectivity index (χ1) is 3.66. The van der Waals surface area contributed by atoms with Gasteiger partial charge in [0.25, 0.3) is 0 Å². The SMILES string of the molecule is CC(C)C[C@H](N)C=O. The largest absolute Gasteiger partial charge is 0.322 e. The molecule has 0 saturated heterocycles. The second kappa shape index (κ2) is 3.61. The molecule has 0 unspecified atom stereocenters. The van der Waals surface area contributed by atoms with Crippen LogP contribution in [-0.4, -0.2) is 12.3 Å². The van der Waals surface area contributed by atoms with Gasteiger partial charge in [0.15, 0.2) is 0 Å². The Hall–Kier alpha value is -0.370. The summed E-state index contributed by atoms with van der Waals surface area (Å²) in [5.41, 5.74) is 5.31. The van der Waals surface area contributed by atoms with Crippen LogP contribution in [0.4, 0.5) is 0 Å². The van der Waals surface area contributed by atoms with E-state index in [1.165, 1.54) is 0 Å². The normalized spacial score (nSPS) is 14.0. The van der Waals surface area contributed by atoms with E-state index >= 15 is 0 Å². The molecule has 0 aliphatic carbocycles. The molecule has 0 aromatic heterocycles. The number of hydrogen-bond acceptors (Lipinski definition) is 2. The first-order valence-electron chi connectivity index (χ1n) is 2.87. The summed E-state index contributed by atoms with van der Waals surface area (Å²) >= 11 is 0. The Labute approximate surface area is 50.1 Å². The lowest BCUT2D eigenvalue weighted by molar-refractivity contribution is -0.109. The maximum Gasteiger partial charge on any atom is 0.136 e. The molecule has 0 heterocycles. The Morgan fingerprint density at radius 2 is 2.12 bits per heavy atom. The van der Waals surface area contributed by atoms with Crippen LogP contribution in [0.15, 0.2) is 0 Å². The maximum absolute atomic E-state index is 9.92. The quantitative estimate of drug-likeness (QED) is 0.546. The van der Waals surface area contributed by atoms with E-state index < -0.39 is 0 Å². The highest BCUT2D eigenvalue weighted by molar-refractivity contribution is 5.56. The van der Waals surface area contributed by atoms with Crippen molar-refractivity contribution >= 4 is 6.29 Å². The van der Waals surface area contributed by atoms with Gasteiger partial charge in [0.2, 0.25) is 0 Å². The van der Waals surface area contributed by atoms with E-state index in [-0.39, 0.29) is 6.04 Å². The van der Waals surface area contributed by atoms with Crippen LogP contribution in [0.3, 0.4) is 0 Å². The van der Waals surface area contributed by atoms with Crippen LogP contribution in [0.25, 0.3) is 0 Å². The lowest BCUT2D eigenvalue weighted by Gasteiger charge is -2.04. The Balaban J connectivity index is 3.23. The fourth-order valence-corrected chi connectivity index (χ4v) is 0.600. The molecule has 0 amide bonds. The van der Waals surface area contributed by atoms with E-state index in [1.807, 2.05) is 13.8 Å². The minimum atomic E-state index is -0.255.